The molecule has 2 aliphatic heterocycles. The fraction of sp³-hybridized carbons (Fsp3) is 0.769. The topological polar surface area (TPSA) is 129 Å². The van der Waals surface area contributed by atoms with Crippen LogP contribution in [0.2, 0.25) is 0 Å². The molecule has 6 atom stereocenters. The Hall–Kier alpha value is -2.00. The highest BCUT2D eigenvalue weighted by Crippen LogP contribution is 2.40. The van der Waals surface area contributed by atoms with Crippen LogP contribution in [0.3, 0.4) is 0 Å². The Labute approximate surface area is 132 Å². The molecular weight excluding hydrogens is 310 g/mol. The molecule has 2 saturated heterocycles. The fourth-order valence-corrected chi connectivity index (χ4v) is 2.55. The monoisotopic (exact) mass is 328 g/mol. The van der Waals surface area contributed by atoms with Crippen LogP contribution in [0, 0.1) is 6.92 Å². The predicted octanol–water partition coefficient (Wildman–Crippen LogP) is 0.851. The number of carbonyl (C=O) groups excluding carboxylic acids is 2. The molecule has 23 heavy (non-hydrogen) atoms. The Morgan fingerprint density at radius 3 is 2.65 bits per heavy atom. The van der Waals surface area contributed by atoms with E-state index < -0.39 is 48.4 Å². The highest BCUT2D eigenvalue weighted by atomic mass is 16.8. The van der Waals surface area contributed by atoms with Crippen molar-refractivity contribution in [3.05, 3.63) is 17.4 Å². The van der Waals surface area contributed by atoms with Crippen molar-refractivity contribution >= 4 is 11.9 Å². The van der Waals surface area contributed by atoms with Gasteiger partial charge in [0.25, 0.3) is 0 Å². The van der Waals surface area contributed by atoms with Gasteiger partial charge in [0.05, 0.1) is 6.04 Å². The van der Waals surface area contributed by atoms with Crippen LogP contribution in [-0.2, 0) is 33.3 Å². The van der Waals surface area contributed by atoms with E-state index in [-0.39, 0.29) is 6.61 Å². The Bertz CT molecular complexity index is 532. The molecule has 2 fully saturated rings. The number of esters is 2. The standard InChI is InChI=1S/C13H18N3O7/c1-6(17)19-5-8(20-7(2)18)10-9(15-16-14)11-12(21-10)23-13(3,4)22-11/h8-12H,3,5H2,1-2,4H3/q+1/t8-,9+,10-,11-,12-,13?/m1/s1. The van der Waals surface area contributed by atoms with Crippen molar-refractivity contribution in [2.45, 2.75) is 57.2 Å². The number of rotatable bonds is 5. The molecule has 1 unspecified atom stereocenters. The van der Waals surface area contributed by atoms with E-state index in [2.05, 4.69) is 16.9 Å². The van der Waals surface area contributed by atoms with E-state index in [1.54, 1.807) is 6.92 Å². The van der Waals surface area contributed by atoms with E-state index in [9.17, 15) is 9.59 Å². The molecular formula is C13H18N3O7+. The van der Waals surface area contributed by atoms with Gasteiger partial charge in [0, 0.05) is 25.7 Å². The van der Waals surface area contributed by atoms with E-state index in [1.807, 2.05) is 0 Å². The molecule has 0 aromatic heterocycles. The Morgan fingerprint density at radius 1 is 1.39 bits per heavy atom. The van der Waals surface area contributed by atoms with Crippen molar-refractivity contribution in [3.63, 3.8) is 0 Å². The minimum Gasteiger partial charge on any atom is -0.462 e. The summed E-state index contributed by atoms with van der Waals surface area (Å²) in [6, 6.07) is -0.825. The molecule has 0 N–H and O–H groups in total. The van der Waals surface area contributed by atoms with Gasteiger partial charge in [0.1, 0.15) is 25.7 Å². The molecule has 10 nitrogen and oxygen atoms in total. The summed E-state index contributed by atoms with van der Waals surface area (Å²) in [6.45, 7) is 7.50. The van der Waals surface area contributed by atoms with Gasteiger partial charge in [-0.1, -0.05) is 5.11 Å². The summed E-state index contributed by atoms with van der Waals surface area (Å²) in [6.07, 6.45) is -3.36. The molecule has 0 radical (unpaired) electrons. The molecule has 2 rings (SSSR count). The van der Waals surface area contributed by atoms with Crippen molar-refractivity contribution in [1.82, 2.24) is 0 Å². The SMILES string of the molecule is [CH2+]C1(C)O[C@H]2O[C@H]([C@@H](COC(C)=O)OC(C)=O)[C@H](N=[N+]=[N-])[C@H]2O1. The van der Waals surface area contributed by atoms with E-state index in [1.165, 1.54) is 13.8 Å². The molecule has 2 aliphatic rings. The van der Waals surface area contributed by atoms with Crippen molar-refractivity contribution in [2.75, 3.05) is 6.61 Å². The second kappa shape index (κ2) is 6.63. The lowest BCUT2D eigenvalue weighted by Crippen LogP contribution is -2.44. The zero-order chi connectivity index (χ0) is 17.2. The van der Waals surface area contributed by atoms with Crippen LogP contribution in [0.15, 0.2) is 5.11 Å². The van der Waals surface area contributed by atoms with Crippen LogP contribution in [0.4, 0.5) is 0 Å². The first kappa shape index (κ1) is 17.4. The number of carbonyl (C=O) groups is 2. The highest BCUT2D eigenvalue weighted by molar-refractivity contribution is 5.67. The van der Waals surface area contributed by atoms with Gasteiger partial charge in [0.15, 0.2) is 12.4 Å². The molecule has 0 aromatic rings. The van der Waals surface area contributed by atoms with Crippen LogP contribution >= 0.6 is 0 Å². The predicted molar refractivity (Wildman–Crippen MR) is 73.5 cm³/mol. The molecule has 10 heteroatoms. The van der Waals surface area contributed by atoms with Crippen LogP contribution in [0.25, 0.3) is 10.4 Å². The van der Waals surface area contributed by atoms with Crippen LogP contribution < -0.4 is 0 Å². The van der Waals surface area contributed by atoms with Gasteiger partial charge in [0.2, 0.25) is 0 Å². The number of nitrogens with zero attached hydrogens (tertiary/aromatic N) is 3. The second-order valence-electron chi connectivity index (χ2n) is 5.45. The first-order chi connectivity index (χ1) is 10.7. The average Bonchev–Trinajstić information content (AvgIpc) is 2.88. The molecule has 0 bridgehead atoms. The molecule has 0 spiro atoms. The summed E-state index contributed by atoms with van der Waals surface area (Å²) >= 11 is 0. The van der Waals surface area contributed by atoms with Crippen LogP contribution in [0.1, 0.15) is 20.8 Å². The molecule has 0 amide bonds. The molecule has 0 aliphatic carbocycles. The van der Waals surface area contributed by atoms with Gasteiger partial charge in [-0.15, -0.1) is 0 Å². The maximum Gasteiger partial charge on any atom is 0.314 e. The van der Waals surface area contributed by atoms with Crippen molar-refractivity contribution in [2.24, 2.45) is 5.11 Å². The van der Waals surface area contributed by atoms with Crippen molar-refractivity contribution in [1.29, 1.82) is 0 Å². The summed E-state index contributed by atoms with van der Waals surface area (Å²) in [5.74, 6) is -2.26. The van der Waals surface area contributed by atoms with Gasteiger partial charge < -0.3 is 18.9 Å². The van der Waals surface area contributed by atoms with Crippen LogP contribution in [0.5, 0.6) is 0 Å². The third kappa shape index (κ3) is 4.05. The molecule has 0 aromatic carbocycles. The van der Waals surface area contributed by atoms with Gasteiger partial charge in [-0.2, -0.15) is 0 Å². The smallest absolute Gasteiger partial charge is 0.314 e. The van der Waals surface area contributed by atoms with E-state index in [0.717, 1.165) is 0 Å². The van der Waals surface area contributed by atoms with Crippen molar-refractivity contribution in [3.8, 4) is 0 Å². The summed E-state index contributed by atoms with van der Waals surface area (Å²) in [5, 5.41) is 3.66. The van der Waals surface area contributed by atoms with Gasteiger partial charge in [-0.25, -0.2) is 0 Å². The summed E-state index contributed by atoms with van der Waals surface area (Å²) < 4.78 is 26.7. The molecule has 2 heterocycles. The lowest BCUT2D eigenvalue weighted by atomic mass is 10.0. The number of hydrogen-bond acceptors (Lipinski definition) is 8. The summed E-state index contributed by atoms with van der Waals surface area (Å²) in [4.78, 5) is 25.0. The van der Waals surface area contributed by atoms with Crippen LogP contribution in [-0.4, -0.2) is 55.0 Å². The quantitative estimate of drug-likeness (QED) is 0.240. The Morgan fingerprint density at radius 2 is 2.09 bits per heavy atom. The zero-order valence-electron chi connectivity index (χ0n) is 13.0. The van der Waals surface area contributed by atoms with E-state index in [0.29, 0.717) is 0 Å². The highest BCUT2D eigenvalue weighted by Gasteiger charge is 2.59. The van der Waals surface area contributed by atoms with Gasteiger partial charge in [-0.05, 0) is 5.53 Å². The zero-order valence-corrected chi connectivity index (χ0v) is 13.0. The first-order valence-corrected chi connectivity index (χ1v) is 6.95. The Kier molecular flexibility index (Phi) is 5.00. The lowest BCUT2D eigenvalue weighted by Gasteiger charge is -2.26. The number of azide groups is 1. The fourth-order valence-electron chi connectivity index (χ4n) is 2.55. The molecule has 0 saturated carbocycles. The van der Waals surface area contributed by atoms with Gasteiger partial charge in [-0.3, -0.25) is 14.3 Å². The number of hydrogen-bond donors (Lipinski definition) is 0. The average molecular weight is 328 g/mol. The summed E-state index contributed by atoms with van der Waals surface area (Å²) in [7, 11) is 0. The number of fused-ring (bicyclic) bond motifs is 1. The third-order valence-corrected chi connectivity index (χ3v) is 3.30. The first-order valence-electron chi connectivity index (χ1n) is 6.95. The minimum absolute atomic E-state index is 0.238. The van der Waals surface area contributed by atoms with Gasteiger partial charge >= 0.3 is 17.7 Å². The molecule has 126 valence electrons. The maximum atomic E-state index is 11.3. The second-order valence-corrected chi connectivity index (χ2v) is 5.45. The Balaban J connectivity index is 2.18. The van der Waals surface area contributed by atoms with E-state index >= 15 is 0 Å². The summed E-state index contributed by atoms with van der Waals surface area (Å²) in [5.41, 5.74) is 8.77. The third-order valence-electron chi connectivity index (χ3n) is 3.30. The van der Waals surface area contributed by atoms with E-state index in [4.69, 9.17) is 29.2 Å². The largest absolute Gasteiger partial charge is 0.462 e. The number of ether oxygens (including phenoxy) is 5. The van der Waals surface area contributed by atoms with Crippen molar-refractivity contribution < 1.29 is 33.3 Å². The maximum absolute atomic E-state index is 11.3. The lowest BCUT2D eigenvalue weighted by molar-refractivity contribution is -0.211. The minimum atomic E-state index is -1.13. The normalized spacial score (nSPS) is 36.7.